The minimum atomic E-state index is -0.0170. The zero-order valence-corrected chi connectivity index (χ0v) is 18.7. The van der Waals surface area contributed by atoms with Crippen molar-refractivity contribution in [2.45, 2.75) is 6.42 Å². The van der Waals surface area contributed by atoms with E-state index in [1.165, 1.54) is 0 Å². The molecule has 0 spiro atoms. The Morgan fingerprint density at radius 2 is 0.969 bits per heavy atom. The average molecular weight is 463 g/mol. The van der Waals surface area contributed by atoms with Gasteiger partial charge in [-0.15, -0.1) is 0 Å². The molecule has 0 aromatic heterocycles. The Morgan fingerprint density at radius 3 is 1.53 bits per heavy atom. The summed E-state index contributed by atoms with van der Waals surface area (Å²) in [6.45, 7) is 4.72. The Hall–Kier alpha value is -1.50. The van der Waals surface area contributed by atoms with Crippen LogP contribution in [0.3, 0.4) is 0 Å². The van der Waals surface area contributed by atoms with E-state index in [1.807, 2.05) is 18.2 Å². The zero-order chi connectivity index (χ0) is 23.1. The summed E-state index contributed by atoms with van der Waals surface area (Å²) in [4.78, 5) is 0. The maximum atomic E-state index is 8.86. The van der Waals surface area contributed by atoms with Gasteiger partial charge >= 0.3 is 0 Å². The van der Waals surface area contributed by atoms with Crippen molar-refractivity contribution < 1.29 is 48.5 Å². The molecule has 0 heterocycles. The molecule has 0 atom stereocenters. The van der Waals surface area contributed by atoms with Crippen molar-refractivity contribution in [3.05, 3.63) is 23.8 Å². The quantitative estimate of drug-likeness (QED) is 0.192. The van der Waals surface area contributed by atoms with Gasteiger partial charge in [0, 0.05) is 5.56 Å². The lowest BCUT2D eigenvalue weighted by molar-refractivity contribution is 0.0243. The highest BCUT2D eigenvalue weighted by atomic mass is 16.6. The molecule has 10 nitrogen and oxygen atoms in total. The van der Waals surface area contributed by atoms with Crippen molar-refractivity contribution in [3.63, 3.8) is 0 Å². The fraction of sp³-hybridized carbons (Fsp3) is 0.727. The summed E-state index contributed by atoms with van der Waals surface area (Å²) in [5.41, 5.74) is 0.935. The Kier molecular flexibility index (Phi) is 19.0. The number of rotatable bonds is 23. The van der Waals surface area contributed by atoms with Crippen LogP contribution in [0.2, 0.25) is 0 Å². The van der Waals surface area contributed by atoms with Crippen molar-refractivity contribution in [1.29, 1.82) is 0 Å². The fourth-order valence-electron chi connectivity index (χ4n) is 2.53. The van der Waals surface area contributed by atoms with E-state index in [1.54, 1.807) is 0 Å². The van der Waals surface area contributed by atoms with E-state index in [4.69, 9.17) is 48.5 Å². The topological polar surface area (TPSA) is 125 Å². The SMILES string of the molecule is OCCOCCOCCOc1ccc(OCCOCCOCCO)c(CCOCCO)c1. The lowest BCUT2D eigenvalue weighted by Gasteiger charge is -2.14. The van der Waals surface area contributed by atoms with Gasteiger partial charge in [0.15, 0.2) is 0 Å². The lowest BCUT2D eigenvalue weighted by atomic mass is 10.1. The van der Waals surface area contributed by atoms with Crippen LogP contribution in [0.5, 0.6) is 11.5 Å². The molecule has 0 fully saturated rings. The second-order valence-corrected chi connectivity index (χ2v) is 6.45. The standard InChI is InChI=1S/C22H38O10/c23-4-8-26-7-3-20-19-21(31-17-15-29-13-11-27-9-5-24)1-2-22(20)32-18-16-30-14-12-28-10-6-25/h1-2,19,23-25H,3-18H2. The first-order valence-electron chi connectivity index (χ1n) is 10.9. The van der Waals surface area contributed by atoms with Crippen LogP contribution in [-0.2, 0) is 30.1 Å². The van der Waals surface area contributed by atoms with E-state index in [9.17, 15) is 0 Å². The Balaban J connectivity index is 2.38. The molecular formula is C22H38O10. The number of aliphatic hydroxyl groups excluding tert-OH is 3. The van der Waals surface area contributed by atoms with Crippen molar-refractivity contribution in [2.24, 2.45) is 0 Å². The summed E-state index contributed by atoms with van der Waals surface area (Å²) in [6.07, 6.45) is 0.612. The number of hydrogen-bond acceptors (Lipinski definition) is 10. The summed E-state index contributed by atoms with van der Waals surface area (Å²) in [5.74, 6) is 1.43. The smallest absolute Gasteiger partial charge is 0.122 e. The Morgan fingerprint density at radius 1 is 0.500 bits per heavy atom. The van der Waals surface area contributed by atoms with Gasteiger partial charge in [0.2, 0.25) is 0 Å². The maximum Gasteiger partial charge on any atom is 0.122 e. The van der Waals surface area contributed by atoms with Gasteiger partial charge in [-0.2, -0.15) is 0 Å². The van der Waals surface area contributed by atoms with Crippen LogP contribution in [-0.4, -0.2) is 114 Å². The van der Waals surface area contributed by atoms with E-state index in [0.29, 0.717) is 84.8 Å². The van der Waals surface area contributed by atoms with Gasteiger partial charge in [-0.1, -0.05) is 0 Å². The van der Waals surface area contributed by atoms with Crippen molar-refractivity contribution in [1.82, 2.24) is 0 Å². The number of aliphatic hydroxyl groups is 3. The van der Waals surface area contributed by atoms with Crippen molar-refractivity contribution >= 4 is 0 Å². The predicted molar refractivity (Wildman–Crippen MR) is 116 cm³/mol. The van der Waals surface area contributed by atoms with Gasteiger partial charge in [0.1, 0.15) is 24.7 Å². The number of benzene rings is 1. The molecule has 0 aliphatic rings. The van der Waals surface area contributed by atoms with E-state index in [-0.39, 0.29) is 26.4 Å². The van der Waals surface area contributed by atoms with Gasteiger partial charge in [-0.05, 0) is 24.6 Å². The Bertz CT molecular complexity index is 543. The van der Waals surface area contributed by atoms with Gasteiger partial charge in [-0.3, -0.25) is 0 Å². The third kappa shape index (κ3) is 15.3. The van der Waals surface area contributed by atoms with Crippen LogP contribution in [0, 0.1) is 0 Å². The highest BCUT2D eigenvalue weighted by Gasteiger charge is 2.07. The van der Waals surface area contributed by atoms with Crippen LogP contribution in [0.1, 0.15) is 5.56 Å². The van der Waals surface area contributed by atoms with Crippen molar-refractivity contribution in [3.8, 4) is 11.5 Å². The number of ether oxygens (including phenoxy) is 7. The van der Waals surface area contributed by atoms with E-state index in [0.717, 1.165) is 11.3 Å². The first-order chi connectivity index (χ1) is 15.8. The first kappa shape index (κ1) is 28.5. The molecule has 186 valence electrons. The third-order valence-electron chi connectivity index (χ3n) is 3.98. The highest BCUT2D eigenvalue weighted by Crippen LogP contribution is 2.25. The molecule has 0 unspecified atom stereocenters. The molecule has 0 bridgehead atoms. The molecule has 32 heavy (non-hydrogen) atoms. The average Bonchev–Trinajstić information content (AvgIpc) is 2.81. The number of hydrogen-bond donors (Lipinski definition) is 3. The molecule has 1 aromatic carbocycles. The molecular weight excluding hydrogens is 424 g/mol. The molecule has 0 radical (unpaired) electrons. The van der Waals surface area contributed by atoms with Crippen LogP contribution in [0.15, 0.2) is 18.2 Å². The second kappa shape index (κ2) is 21.4. The van der Waals surface area contributed by atoms with Gasteiger partial charge in [0.25, 0.3) is 0 Å². The van der Waals surface area contributed by atoms with E-state index in [2.05, 4.69) is 0 Å². The third-order valence-corrected chi connectivity index (χ3v) is 3.98. The largest absolute Gasteiger partial charge is 0.491 e. The highest BCUT2D eigenvalue weighted by molar-refractivity contribution is 5.40. The van der Waals surface area contributed by atoms with Crippen molar-refractivity contribution in [2.75, 3.05) is 99.1 Å². The summed E-state index contributed by atoms with van der Waals surface area (Å²) < 4.78 is 38.1. The second-order valence-electron chi connectivity index (χ2n) is 6.45. The molecule has 1 rings (SSSR count). The predicted octanol–water partition coefficient (Wildman–Crippen LogP) is 0.0466. The van der Waals surface area contributed by atoms with E-state index >= 15 is 0 Å². The van der Waals surface area contributed by atoms with Gasteiger partial charge in [0.05, 0.1) is 85.9 Å². The molecule has 1 aromatic rings. The van der Waals surface area contributed by atoms with Gasteiger partial charge < -0.3 is 48.5 Å². The fourth-order valence-corrected chi connectivity index (χ4v) is 2.53. The maximum absolute atomic E-state index is 8.86. The lowest BCUT2D eigenvalue weighted by Crippen LogP contribution is -2.13. The molecule has 0 amide bonds. The summed E-state index contributed by atoms with van der Waals surface area (Å²) >= 11 is 0. The van der Waals surface area contributed by atoms with Crippen LogP contribution in [0.4, 0.5) is 0 Å². The molecule has 0 aliphatic carbocycles. The summed E-state index contributed by atoms with van der Waals surface area (Å²) in [6, 6.07) is 5.59. The molecule has 10 heteroatoms. The van der Waals surface area contributed by atoms with E-state index < -0.39 is 0 Å². The molecule has 0 aliphatic heterocycles. The first-order valence-corrected chi connectivity index (χ1v) is 10.9. The molecule has 0 saturated carbocycles. The minimum absolute atomic E-state index is 0.00102. The molecule has 3 N–H and O–H groups in total. The van der Waals surface area contributed by atoms with Crippen LogP contribution < -0.4 is 9.47 Å². The van der Waals surface area contributed by atoms with Crippen LogP contribution in [0.25, 0.3) is 0 Å². The monoisotopic (exact) mass is 462 g/mol. The van der Waals surface area contributed by atoms with Gasteiger partial charge in [-0.25, -0.2) is 0 Å². The summed E-state index contributed by atoms with van der Waals surface area (Å²) in [7, 11) is 0. The molecule has 0 saturated heterocycles. The Labute approximate surface area is 189 Å². The normalized spacial score (nSPS) is 11.1. The minimum Gasteiger partial charge on any atom is -0.491 e. The zero-order valence-electron chi connectivity index (χ0n) is 18.7. The van der Waals surface area contributed by atoms with Crippen LogP contribution >= 0.6 is 0 Å². The summed E-state index contributed by atoms with van der Waals surface area (Å²) in [5, 5.41) is 26.1.